The number of allylic oxidation sites excluding steroid dienone is 1. The van der Waals surface area contributed by atoms with E-state index in [1.165, 1.54) is 7.11 Å². The first-order valence-corrected chi connectivity index (χ1v) is 7.62. The minimum absolute atomic E-state index is 0.0528. The van der Waals surface area contributed by atoms with Crippen molar-refractivity contribution in [2.45, 2.75) is 0 Å². The number of nitrogens with zero attached hydrogens (tertiary/aromatic N) is 1. The number of ether oxygens (including phenoxy) is 2. The highest BCUT2D eigenvalue weighted by Gasteiger charge is 2.16. The van der Waals surface area contributed by atoms with Crippen LogP contribution in [0, 0.1) is 11.3 Å². The highest BCUT2D eigenvalue weighted by Crippen LogP contribution is 2.29. The normalized spacial score (nSPS) is 11.2. The van der Waals surface area contributed by atoms with Crippen LogP contribution in [0.3, 0.4) is 0 Å². The molecule has 0 saturated carbocycles. The van der Waals surface area contributed by atoms with Gasteiger partial charge in [0.25, 0.3) is 0 Å². The highest BCUT2D eigenvalue weighted by molar-refractivity contribution is 6.19. The first-order chi connectivity index (χ1) is 12.2. The van der Waals surface area contributed by atoms with E-state index in [4.69, 9.17) is 9.47 Å². The number of ketones is 1. The molecule has 0 bridgehead atoms. The van der Waals surface area contributed by atoms with Gasteiger partial charge in [-0.25, -0.2) is 0 Å². The van der Waals surface area contributed by atoms with Crippen molar-refractivity contribution in [2.75, 3.05) is 14.2 Å². The zero-order valence-electron chi connectivity index (χ0n) is 13.9. The van der Waals surface area contributed by atoms with Gasteiger partial charge in [-0.3, -0.25) is 4.79 Å². The van der Waals surface area contributed by atoms with Gasteiger partial charge in [0.2, 0.25) is 5.78 Å². The fourth-order valence-corrected chi connectivity index (χ4v) is 2.66. The summed E-state index contributed by atoms with van der Waals surface area (Å²) >= 11 is 0. The van der Waals surface area contributed by atoms with Gasteiger partial charge >= 0.3 is 0 Å². The van der Waals surface area contributed by atoms with Gasteiger partial charge in [-0.15, -0.1) is 0 Å². The van der Waals surface area contributed by atoms with Crippen LogP contribution in [0.25, 0.3) is 17.0 Å². The minimum Gasteiger partial charge on any atom is -0.493 e. The van der Waals surface area contributed by atoms with Gasteiger partial charge in [0.1, 0.15) is 11.6 Å². The van der Waals surface area contributed by atoms with Crippen molar-refractivity contribution in [1.29, 1.82) is 5.26 Å². The lowest BCUT2D eigenvalue weighted by Crippen LogP contribution is -2.01. The maximum Gasteiger partial charge on any atom is 0.205 e. The van der Waals surface area contributed by atoms with Crippen LogP contribution >= 0.6 is 0 Å². The number of aromatic amines is 1. The standard InChI is InChI=1S/C20H16N2O3/c1-24-18-8-7-13(10-19(18)25-2)9-14(11-21)20(23)16-12-22-17-6-4-3-5-15(16)17/h3-10,12,22H,1-2H3. The Morgan fingerprint density at radius 3 is 2.60 bits per heavy atom. The number of benzene rings is 2. The van der Waals surface area contributed by atoms with Gasteiger partial charge in [-0.2, -0.15) is 5.26 Å². The number of rotatable bonds is 5. The second kappa shape index (κ2) is 6.93. The molecule has 0 atom stereocenters. The van der Waals surface area contributed by atoms with Crippen LogP contribution in [-0.4, -0.2) is 25.0 Å². The molecule has 0 radical (unpaired) electrons. The van der Waals surface area contributed by atoms with Crippen LogP contribution in [0.15, 0.2) is 54.2 Å². The number of para-hydroxylation sites is 1. The number of carbonyl (C=O) groups excluding carboxylic acids is 1. The minimum atomic E-state index is -0.324. The molecule has 0 amide bonds. The summed E-state index contributed by atoms with van der Waals surface area (Å²) < 4.78 is 10.5. The molecule has 0 aliphatic heterocycles. The van der Waals surface area contributed by atoms with E-state index in [1.807, 2.05) is 30.3 Å². The molecule has 2 aromatic carbocycles. The summed E-state index contributed by atoms with van der Waals surface area (Å²) in [5, 5.41) is 10.2. The van der Waals surface area contributed by atoms with E-state index in [2.05, 4.69) is 4.98 Å². The number of aromatic nitrogens is 1. The van der Waals surface area contributed by atoms with E-state index < -0.39 is 0 Å². The topological polar surface area (TPSA) is 75.1 Å². The van der Waals surface area contributed by atoms with Crippen LogP contribution in [-0.2, 0) is 0 Å². The smallest absolute Gasteiger partial charge is 0.205 e. The van der Waals surface area contributed by atoms with E-state index >= 15 is 0 Å². The number of Topliss-reactive ketones (excluding diaryl/α,β-unsaturated/α-hetero) is 1. The Bertz CT molecular complexity index is 1010. The molecule has 5 nitrogen and oxygen atoms in total. The molecule has 0 saturated heterocycles. The highest BCUT2D eigenvalue weighted by atomic mass is 16.5. The predicted octanol–water partition coefficient (Wildman–Crippen LogP) is 3.97. The number of carbonyl (C=O) groups is 1. The number of hydrogen-bond acceptors (Lipinski definition) is 4. The molecule has 3 aromatic rings. The maximum atomic E-state index is 12.8. The van der Waals surface area contributed by atoms with Gasteiger partial charge < -0.3 is 14.5 Å². The Morgan fingerprint density at radius 2 is 1.88 bits per heavy atom. The third-order valence-electron chi connectivity index (χ3n) is 3.92. The number of nitrogens with one attached hydrogen (secondary N) is 1. The Balaban J connectivity index is 2.01. The fourth-order valence-electron chi connectivity index (χ4n) is 2.66. The van der Waals surface area contributed by atoms with Crippen LogP contribution in [0.2, 0.25) is 0 Å². The molecule has 1 heterocycles. The number of nitriles is 1. The van der Waals surface area contributed by atoms with E-state index in [0.717, 1.165) is 10.9 Å². The van der Waals surface area contributed by atoms with Gasteiger partial charge in [0.15, 0.2) is 11.5 Å². The summed E-state index contributed by atoms with van der Waals surface area (Å²) in [6.07, 6.45) is 3.18. The van der Waals surface area contributed by atoms with Crippen molar-refractivity contribution < 1.29 is 14.3 Å². The number of hydrogen-bond donors (Lipinski definition) is 1. The van der Waals surface area contributed by atoms with Gasteiger partial charge in [-0.05, 0) is 29.8 Å². The lowest BCUT2D eigenvalue weighted by atomic mass is 10.0. The van der Waals surface area contributed by atoms with Crippen molar-refractivity contribution in [2.24, 2.45) is 0 Å². The van der Waals surface area contributed by atoms with Crippen molar-refractivity contribution in [1.82, 2.24) is 4.98 Å². The summed E-state index contributed by atoms with van der Waals surface area (Å²) in [6.45, 7) is 0. The zero-order chi connectivity index (χ0) is 17.8. The van der Waals surface area contributed by atoms with Crippen molar-refractivity contribution in [3.8, 4) is 17.6 Å². The zero-order valence-corrected chi connectivity index (χ0v) is 13.9. The summed E-state index contributed by atoms with van der Waals surface area (Å²) in [4.78, 5) is 15.8. The fraction of sp³-hybridized carbons (Fsp3) is 0.100. The Labute approximate surface area is 145 Å². The molecule has 3 rings (SSSR count). The van der Waals surface area contributed by atoms with E-state index in [1.54, 1.807) is 37.6 Å². The number of fused-ring (bicyclic) bond motifs is 1. The molecule has 5 heteroatoms. The lowest BCUT2D eigenvalue weighted by Gasteiger charge is -2.08. The number of H-pyrrole nitrogens is 1. The quantitative estimate of drug-likeness (QED) is 0.436. The SMILES string of the molecule is COc1ccc(C=C(C#N)C(=O)c2c[nH]c3ccccc23)cc1OC. The molecule has 25 heavy (non-hydrogen) atoms. The van der Waals surface area contributed by atoms with Crippen molar-refractivity contribution >= 4 is 22.8 Å². The maximum absolute atomic E-state index is 12.8. The summed E-state index contributed by atoms with van der Waals surface area (Å²) in [6, 6.07) is 14.7. The second-order valence-electron chi connectivity index (χ2n) is 5.36. The van der Waals surface area contributed by atoms with E-state index in [0.29, 0.717) is 22.6 Å². The molecule has 0 fully saturated rings. The van der Waals surface area contributed by atoms with E-state index in [-0.39, 0.29) is 11.4 Å². The molecule has 0 aliphatic carbocycles. The van der Waals surface area contributed by atoms with Crippen LogP contribution in [0.1, 0.15) is 15.9 Å². The van der Waals surface area contributed by atoms with Gasteiger partial charge in [0.05, 0.1) is 14.2 Å². The first kappa shape index (κ1) is 16.3. The van der Waals surface area contributed by atoms with E-state index in [9.17, 15) is 10.1 Å². The van der Waals surface area contributed by atoms with Crippen LogP contribution in [0.4, 0.5) is 0 Å². The molecule has 0 spiro atoms. The Morgan fingerprint density at radius 1 is 1.12 bits per heavy atom. The Hall–Kier alpha value is -3.52. The molecule has 124 valence electrons. The van der Waals surface area contributed by atoms with Crippen LogP contribution < -0.4 is 9.47 Å². The molecular weight excluding hydrogens is 316 g/mol. The largest absolute Gasteiger partial charge is 0.493 e. The third kappa shape index (κ3) is 3.10. The van der Waals surface area contributed by atoms with Gasteiger partial charge in [-0.1, -0.05) is 24.3 Å². The molecule has 0 aliphatic rings. The Kier molecular flexibility index (Phi) is 4.53. The summed E-state index contributed by atoms with van der Waals surface area (Å²) in [7, 11) is 3.09. The van der Waals surface area contributed by atoms with Gasteiger partial charge in [0, 0.05) is 22.7 Å². The monoisotopic (exact) mass is 332 g/mol. The van der Waals surface area contributed by atoms with Crippen molar-refractivity contribution in [3.63, 3.8) is 0 Å². The average Bonchev–Trinajstić information content (AvgIpc) is 3.09. The molecular formula is C20H16N2O3. The molecule has 1 aromatic heterocycles. The average molecular weight is 332 g/mol. The summed E-state index contributed by atoms with van der Waals surface area (Å²) in [5.41, 5.74) is 2.07. The third-order valence-corrected chi connectivity index (χ3v) is 3.92. The number of methoxy groups -OCH3 is 2. The second-order valence-corrected chi connectivity index (χ2v) is 5.36. The lowest BCUT2D eigenvalue weighted by molar-refractivity contribution is 0.104. The predicted molar refractivity (Wildman–Crippen MR) is 95.8 cm³/mol. The molecule has 0 unspecified atom stereocenters. The molecule has 1 N–H and O–H groups in total. The van der Waals surface area contributed by atoms with Crippen LogP contribution in [0.5, 0.6) is 11.5 Å². The summed E-state index contributed by atoms with van der Waals surface area (Å²) in [5.74, 6) is 0.795. The first-order valence-electron chi connectivity index (χ1n) is 7.62. The van der Waals surface area contributed by atoms with Crippen molar-refractivity contribution in [3.05, 3.63) is 65.4 Å².